The summed E-state index contributed by atoms with van der Waals surface area (Å²) in [6.45, 7) is 2.04. The van der Waals surface area contributed by atoms with Crippen molar-refractivity contribution in [3.63, 3.8) is 0 Å². The molecule has 0 aromatic heterocycles. The smallest absolute Gasteiger partial charge is 0.246 e. The van der Waals surface area contributed by atoms with Gasteiger partial charge in [0.1, 0.15) is 6.04 Å². The Bertz CT molecular complexity index is 688. The largest absolute Gasteiger partial charge is 0.454 e. The number of carbonyl (C=O) groups is 1. The molecule has 0 radical (unpaired) electrons. The van der Waals surface area contributed by atoms with Gasteiger partial charge in [0.25, 0.3) is 0 Å². The molecule has 0 bridgehead atoms. The number of rotatable bonds is 4. The molecule has 22 heavy (non-hydrogen) atoms. The van der Waals surface area contributed by atoms with E-state index in [2.05, 4.69) is 26.6 Å². The zero-order chi connectivity index (χ0) is 15.5. The first-order chi connectivity index (χ1) is 10.6. The molecule has 1 aliphatic rings. The third-order valence-corrected chi connectivity index (χ3v) is 3.79. The number of amides is 1. The molecule has 3 rings (SSSR count). The fraction of sp³-hybridized carbons (Fsp3) is 0.188. The Labute approximate surface area is 136 Å². The number of nitrogens with one attached hydrogen (secondary N) is 2. The van der Waals surface area contributed by atoms with Gasteiger partial charge < -0.3 is 20.1 Å². The molecule has 5 nitrogen and oxygen atoms in total. The van der Waals surface area contributed by atoms with Crippen LogP contribution in [0.1, 0.15) is 6.92 Å². The molecule has 1 aliphatic heterocycles. The molecule has 0 saturated heterocycles. The van der Waals surface area contributed by atoms with Crippen molar-refractivity contribution in [3.05, 3.63) is 46.9 Å². The van der Waals surface area contributed by atoms with Gasteiger partial charge in [-0.25, -0.2) is 0 Å². The Balaban J connectivity index is 1.62. The third-order valence-electron chi connectivity index (χ3n) is 3.26. The van der Waals surface area contributed by atoms with Gasteiger partial charge >= 0.3 is 0 Å². The fourth-order valence-electron chi connectivity index (χ4n) is 2.09. The highest BCUT2D eigenvalue weighted by molar-refractivity contribution is 9.10. The molecule has 2 aromatic rings. The Kier molecular flexibility index (Phi) is 4.20. The second-order valence-corrected chi connectivity index (χ2v) is 5.85. The van der Waals surface area contributed by atoms with Gasteiger partial charge in [-0.05, 0) is 43.3 Å². The molecule has 2 N–H and O–H groups in total. The number of ether oxygens (including phenoxy) is 2. The summed E-state index contributed by atoms with van der Waals surface area (Å²) in [5, 5.41) is 6.01. The van der Waals surface area contributed by atoms with E-state index in [1.807, 2.05) is 42.5 Å². The zero-order valence-corrected chi connectivity index (χ0v) is 13.5. The van der Waals surface area contributed by atoms with Crippen LogP contribution in [0.15, 0.2) is 46.9 Å². The van der Waals surface area contributed by atoms with Crippen LogP contribution in [0, 0.1) is 0 Å². The maximum absolute atomic E-state index is 12.2. The summed E-state index contributed by atoms with van der Waals surface area (Å²) in [5.74, 6) is 1.29. The number of fused-ring (bicyclic) bond motifs is 1. The fourth-order valence-corrected chi connectivity index (χ4v) is 2.35. The Morgan fingerprint density at radius 1 is 1.09 bits per heavy atom. The predicted molar refractivity (Wildman–Crippen MR) is 88.4 cm³/mol. The molecule has 2 aromatic carbocycles. The minimum absolute atomic E-state index is 0.111. The number of hydrogen-bond donors (Lipinski definition) is 2. The minimum atomic E-state index is -0.385. The second kappa shape index (κ2) is 6.27. The van der Waals surface area contributed by atoms with Gasteiger partial charge in [-0.3, -0.25) is 4.79 Å². The zero-order valence-electron chi connectivity index (χ0n) is 11.9. The van der Waals surface area contributed by atoms with E-state index in [1.54, 1.807) is 6.92 Å². The summed E-state index contributed by atoms with van der Waals surface area (Å²) in [5.41, 5.74) is 1.57. The number of halogens is 1. The van der Waals surface area contributed by atoms with Crippen molar-refractivity contribution in [2.75, 3.05) is 17.4 Å². The lowest BCUT2D eigenvalue weighted by Crippen LogP contribution is -2.31. The van der Waals surface area contributed by atoms with Crippen LogP contribution in [0.5, 0.6) is 11.5 Å². The molecule has 0 aliphatic carbocycles. The first kappa shape index (κ1) is 14.7. The summed E-state index contributed by atoms with van der Waals surface area (Å²) >= 11 is 3.36. The van der Waals surface area contributed by atoms with Gasteiger partial charge in [0.05, 0.1) is 0 Å². The number of carbonyl (C=O) groups excluding carboxylic acids is 1. The molecule has 0 spiro atoms. The van der Waals surface area contributed by atoms with Gasteiger partial charge in [-0.15, -0.1) is 0 Å². The predicted octanol–water partition coefficient (Wildman–Crippen LogP) is 3.62. The van der Waals surface area contributed by atoms with E-state index >= 15 is 0 Å². The van der Waals surface area contributed by atoms with Crippen LogP contribution in [-0.4, -0.2) is 18.7 Å². The average molecular weight is 363 g/mol. The third kappa shape index (κ3) is 3.33. The van der Waals surface area contributed by atoms with Gasteiger partial charge in [-0.2, -0.15) is 0 Å². The van der Waals surface area contributed by atoms with Gasteiger partial charge in [-0.1, -0.05) is 15.9 Å². The van der Waals surface area contributed by atoms with Crippen molar-refractivity contribution in [1.82, 2.24) is 0 Å². The van der Waals surface area contributed by atoms with Crippen molar-refractivity contribution in [2.45, 2.75) is 13.0 Å². The molecule has 0 saturated carbocycles. The minimum Gasteiger partial charge on any atom is -0.454 e. The van der Waals surface area contributed by atoms with Crippen molar-refractivity contribution < 1.29 is 14.3 Å². The van der Waals surface area contributed by atoms with Crippen LogP contribution in [0.25, 0.3) is 0 Å². The van der Waals surface area contributed by atoms with Crippen molar-refractivity contribution in [3.8, 4) is 11.5 Å². The van der Waals surface area contributed by atoms with E-state index in [0.717, 1.165) is 21.6 Å². The maximum atomic E-state index is 12.2. The standard InChI is InChI=1S/C16H15BrN2O3/c1-10(16(20)19-12-4-2-11(17)3-5-12)18-13-6-7-14-15(8-13)22-9-21-14/h2-8,10,18H,9H2,1H3,(H,19,20). The van der Waals surface area contributed by atoms with Gasteiger partial charge in [0, 0.05) is 21.9 Å². The SMILES string of the molecule is CC(Nc1ccc2c(c1)OCO2)C(=O)Nc1ccc(Br)cc1. The molecule has 1 amide bonds. The quantitative estimate of drug-likeness (QED) is 0.871. The Morgan fingerprint density at radius 2 is 1.77 bits per heavy atom. The molecule has 6 heteroatoms. The summed E-state index contributed by atoms with van der Waals surface area (Å²) in [4.78, 5) is 12.2. The molecule has 1 heterocycles. The van der Waals surface area contributed by atoms with Gasteiger partial charge in [0.2, 0.25) is 12.7 Å². The summed E-state index contributed by atoms with van der Waals surface area (Å²) < 4.78 is 11.6. The average Bonchev–Trinajstić information content (AvgIpc) is 2.97. The summed E-state index contributed by atoms with van der Waals surface area (Å²) in [6, 6.07) is 12.6. The molecule has 0 fully saturated rings. The lowest BCUT2D eigenvalue weighted by Gasteiger charge is -2.15. The lowest BCUT2D eigenvalue weighted by atomic mass is 10.2. The number of benzene rings is 2. The van der Waals surface area contributed by atoms with E-state index in [0.29, 0.717) is 5.75 Å². The van der Waals surface area contributed by atoms with E-state index < -0.39 is 0 Å². The van der Waals surface area contributed by atoms with E-state index in [1.165, 1.54) is 0 Å². The molecule has 1 atom stereocenters. The lowest BCUT2D eigenvalue weighted by molar-refractivity contribution is -0.116. The molecular formula is C16H15BrN2O3. The Morgan fingerprint density at radius 3 is 2.55 bits per heavy atom. The summed E-state index contributed by atoms with van der Waals surface area (Å²) in [7, 11) is 0. The Hall–Kier alpha value is -2.21. The van der Waals surface area contributed by atoms with Crippen molar-refractivity contribution >= 4 is 33.2 Å². The van der Waals surface area contributed by atoms with Crippen LogP contribution in [0.2, 0.25) is 0 Å². The molecule has 114 valence electrons. The van der Waals surface area contributed by atoms with Crippen molar-refractivity contribution in [1.29, 1.82) is 0 Å². The van der Waals surface area contributed by atoms with E-state index in [-0.39, 0.29) is 18.7 Å². The van der Waals surface area contributed by atoms with Crippen LogP contribution in [-0.2, 0) is 4.79 Å². The first-order valence-electron chi connectivity index (χ1n) is 6.84. The number of hydrogen-bond acceptors (Lipinski definition) is 4. The van der Waals surface area contributed by atoms with Crippen LogP contribution < -0.4 is 20.1 Å². The first-order valence-corrected chi connectivity index (χ1v) is 7.64. The molecular weight excluding hydrogens is 348 g/mol. The summed E-state index contributed by atoms with van der Waals surface area (Å²) in [6.07, 6.45) is 0. The maximum Gasteiger partial charge on any atom is 0.246 e. The van der Waals surface area contributed by atoms with Crippen LogP contribution in [0.3, 0.4) is 0 Å². The van der Waals surface area contributed by atoms with Crippen LogP contribution >= 0.6 is 15.9 Å². The van der Waals surface area contributed by atoms with Crippen molar-refractivity contribution in [2.24, 2.45) is 0 Å². The van der Waals surface area contributed by atoms with Crippen LogP contribution in [0.4, 0.5) is 11.4 Å². The molecule has 1 unspecified atom stereocenters. The topological polar surface area (TPSA) is 59.6 Å². The van der Waals surface area contributed by atoms with E-state index in [9.17, 15) is 4.79 Å². The monoisotopic (exact) mass is 362 g/mol. The normalized spacial score (nSPS) is 13.5. The number of anilines is 2. The highest BCUT2D eigenvalue weighted by Crippen LogP contribution is 2.34. The van der Waals surface area contributed by atoms with Gasteiger partial charge in [0.15, 0.2) is 11.5 Å². The highest BCUT2D eigenvalue weighted by Gasteiger charge is 2.16. The second-order valence-electron chi connectivity index (χ2n) is 4.93. The van der Waals surface area contributed by atoms with E-state index in [4.69, 9.17) is 9.47 Å². The highest BCUT2D eigenvalue weighted by atomic mass is 79.9.